The van der Waals surface area contributed by atoms with Crippen molar-refractivity contribution in [1.82, 2.24) is 15.0 Å². The van der Waals surface area contributed by atoms with E-state index in [4.69, 9.17) is 20.4 Å². The van der Waals surface area contributed by atoms with Crippen LogP contribution in [0.2, 0.25) is 0 Å². The standard InChI is InChI=1S/C22H28F3N5O2/c1-2-3-4-5-6-7-13-31-18-11-10-15(14-16(18)22(23,24)25)19-28-20(32-29-19)17-9-8-12-30(17)21(26)27/h5-6,10-11,14,17H,2-4,7-9,12-13H2,1H3,(H3,26,27)/b6-5-/t17-/m0/s1. The SMILES string of the molecule is CCCC/C=C\CCOc1ccc(-c2noc([C@@H]3CCCN3C(=N)N)n2)cc1C(F)(F)F. The van der Waals surface area contributed by atoms with Crippen molar-refractivity contribution in [3.8, 4) is 17.1 Å². The van der Waals surface area contributed by atoms with E-state index in [0.29, 0.717) is 19.4 Å². The normalized spacial score (nSPS) is 16.8. The fourth-order valence-corrected chi connectivity index (χ4v) is 3.61. The predicted molar refractivity (Wildman–Crippen MR) is 114 cm³/mol. The number of guanidine groups is 1. The summed E-state index contributed by atoms with van der Waals surface area (Å²) in [6.45, 7) is 2.85. The molecule has 3 rings (SSSR count). The number of nitrogens with two attached hydrogens (primary N) is 1. The molecule has 0 amide bonds. The molecule has 2 heterocycles. The van der Waals surface area contributed by atoms with Gasteiger partial charge in [-0.15, -0.1) is 0 Å². The number of hydrogen-bond donors (Lipinski definition) is 2. The highest BCUT2D eigenvalue weighted by Gasteiger charge is 2.36. The van der Waals surface area contributed by atoms with Gasteiger partial charge in [0.15, 0.2) is 5.96 Å². The number of aromatic nitrogens is 2. The number of allylic oxidation sites excluding steroid dienone is 1. The van der Waals surface area contributed by atoms with E-state index in [2.05, 4.69) is 17.1 Å². The smallest absolute Gasteiger partial charge is 0.419 e. The highest BCUT2D eigenvalue weighted by Crippen LogP contribution is 2.39. The summed E-state index contributed by atoms with van der Waals surface area (Å²) < 4.78 is 51.6. The second-order valence-electron chi connectivity index (χ2n) is 7.65. The van der Waals surface area contributed by atoms with E-state index in [1.807, 2.05) is 12.2 Å². The van der Waals surface area contributed by atoms with Crippen molar-refractivity contribution in [2.24, 2.45) is 5.73 Å². The van der Waals surface area contributed by atoms with Gasteiger partial charge >= 0.3 is 6.18 Å². The van der Waals surface area contributed by atoms with Crippen LogP contribution < -0.4 is 10.5 Å². The Morgan fingerprint density at radius 1 is 1.34 bits per heavy atom. The lowest BCUT2D eigenvalue weighted by molar-refractivity contribution is -0.138. The number of alkyl halides is 3. The summed E-state index contributed by atoms with van der Waals surface area (Å²) >= 11 is 0. The van der Waals surface area contributed by atoms with Crippen molar-refractivity contribution in [1.29, 1.82) is 5.41 Å². The van der Waals surface area contributed by atoms with E-state index in [1.165, 1.54) is 12.1 Å². The minimum absolute atomic E-state index is 0.0475. The Kier molecular flexibility index (Phi) is 7.76. The quantitative estimate of drug-likeness (QED) is 0.232. The lowest BCUT2D eigenvalue weighted by Gasteiger charge is -2.21. The third-order valence-electron chi connectivity index (χ3n) is 5.27. The number of ether oxygens (including phenoxy) is 1. The van der Waals surface area contributed by atoms with Crippen LogP contribution in [0.4, 0.5) is 13.2 Å². The number of unbranched alkanes of at least 4 members (excludes halogenated alkanes) is 2. The van der Waals surface area contributed by atoms with E-state index in [9.17, 15) is 13.2 Å². The van der Waals surface area contributed by atoms with Crippen LogP contribution in [-0.2, 0) is 6.18 Å². The number of hydrogen-bond acceptors (Lipinski definition) is 5. The average Bonchev–Trinajstić information content (AvgIpc) is 3.42. The summed E-state index contributed by atoms with van der Waals surface area (Å²) in [5, 5.41) is 11.5. The van der Waals surface area contributed by atoms with Crippen molar-refractivity contribution in [3.63, 3.8) is 0 Å². The minimum Gasteiger partial charge on any atom is -0.493 e. The number of nitrogens with zero attached hydrogens (tertiary/aromatic N) is 3. The molecule has 1 aliphatic heterocycles. The first-order chi connectivity index (χ1) is 15.3. The van der Waals surface area contributed by atoms with Crippen molar-refractivity contribution in [3.05, 3.63) is 41.8 Å². The Labute approximate surface area is 184 Å². The van der Waals surface area contributed by atoms with E-state index in [1.54, 1.807) is 4.90 Å². The fraction of sp³-hybridized carbons (Fsp3) is 0.500. The van der Waals surface area contributed by atoms with Gasteiger partial charge in [0.1, 0.15) is 11.8 Å². The van der Waals surface area contributed by atoms with Crippen LogP contribution in [-0.4, -0.2) is 34.2 Å². The van der Waals surface area contributed by atoms with Gasteiger partial charge in [0.25, 0.3) is 0 Å². The number of benzene rings is 1. The monoisotopic (exact) mass is 451 g/mol. The third-order valence-corrected chi connectivity index (χ3v) is 5.27. The molecular formula is C22H28F3N5O2. The van der Waals surface area contributed by atoms with Gasteiger partial charge in [-0.2, -0.15) is 18.2 Å². The molecule has 0 spiro atoms. The summed E-state index contributed by atoms with van der Waals surface area (Å²) in [6.07, 6.45) is 4.50. The molecule has 2 aromatic rings. The molecular weight excluding hydrogens is 423 g/mol. The molecule has 1 aromatic carbocycles. The molecule has 1 fully saturated rings. The Morgan fingerprint density at radius 2 is 2.12 bits per heavy atom. The zero-order valence-electron chi connectivity index (χ0n) is 18.0. The maximum atomic E-state index is 13.6. The molecule has 1 saturated heterocycles. The maximum absolute atomic E-state index is 13.6. The van der Waals surface area contributed by atoms with Crippen LogP contribution in [0, 0.1) is 5.41 Å². The summed E-state index contributed by atoms with van der Waals surface area (Å²) in [5.41, 5.74) is 4.87. The van der Waals surface area contributed by atoms with Crippen LogP contribution in [0.5, 0.6) is 5.75 Å². The lowest BCUT2D eigenvalue weighted by Crippen LogP contribution is -2.35. The molecule has 0 saturated carbocycles. The molecule has 1 aliphatic rings. The summed E-state index contributed by atoms with van der Waals surface area (Å²) in [4.78, 5) is 5.90. The van der Waals surface area contributed by atoms with Crippen LogP contribution in [0.3, 0.4) is 0 Å². The van der Waals surface area contributed by atoms with Gasteiger partial charge in [-0.1, -0.05) is 37.1 Å². The average molecular weight is 451 g/mol. The topological polar surface area (TPSA) is 101 Å². The first kappa shape index (κ1) is 23.6. The molecule has 0 aliphatic carbocycles. The predicted octanol–water partition coefficient (Wildman–Crippen LogP) is 5.30. The third kappa shape index (κ3) is 5.80. The van der Waals surface area contributed by atoms with E-state index in [-0.39, 0.29) is 41.6 Å². The van der Waals surface area contributed by atoms with Crippen molar-refractivity contribution < 1.29 is 22.4 Å². The fourth-order valence-electron chi connectivity index (χ4n) is 3.61. The van der Waals surface area contributed by atoms with Gasteiger partial charge in [-0.25, -0.2) is 0 Å². The van der Waals surface area contributed by atoms with Gasteiger partial charge in [-0.05, 0) is 43.9 Å². The van der Waals surface area contributed by atoms with Gasteiger partial charge < -0.3 is 19.9 Å². The second-order valence-corrected chi connectivity index (χ2v) is 7.65. The number of likely N-dealkylation sites (tertiary alicyclic amines) is 1. The molecule has 0 unspecified atom stereocenters. The zero-order valence-corrected chi connectivity index (χ0v) is 18.0. The highest BCUT2D eigenvalue weighted by molar-refractivity contribution is 5.75. The van der Waals surface area contributed by atoms with Crippen molar-refractivity contribution in [2.75, 3.05) is 13.2 Å². The van der Waals surface area contributed by atoms with Crippen molar-refractivity contribution >= 4 is 5.96 Å². The number of nitrogens with one attached hydrogen (secondary N) is 1. The molecule has 32 heavy (non-hydrogen) atoms. The molecule has 174 valence electrons. The minimum atomic E-state index is -4.59. The molecule has 3 N–H and O–H groups in total. The lowest BCUT2D eigenvalue weighted by atomic mass is 10.1. The van der Waals surface area contributed by atoms with Crippen molar-refractivity contribution in [2.45, 2.75) is 57.7 Å². The van der Waals surface area contributed by atoms with Crippen LogP contribution in [0.1, 0.15) is 62.9 Å². The summed E-state index contributed by atoms with van der Waals surface area (Å²) in [7, 11) is 0. The molecule has 0 bridgehead atoms. The molecule has 7 nitrogen and oxygen atoms in total. The van der Waals surface area contributed by atoms with Crippen LogP contribution in [0.25, 0.3) is 11.4 Å². The Bertz CT molecular complexity index is 942. The van der Waals surface area contributed by atoms with E-state index < -0.39 is 11.7 Å². The van der Waals surface area contributed by atoms with Gasteiger partial charge in [0.2, 0.25) is 11.7 Å². The summed E-state index contributed by atoms with van der Waals surface area (Å²) in [6, 6.07) is 3.39. The van der Waals surface area contributed by atoms with E-state index in [0.717, 1.165) is 31.7 Å². The zero-order chi connectivity index (χ0) is 23.1. The number of halogens is 3. The first-order valence-electron chi connectivity index (χ1n) is 10.7. The Balaban J connectivity index is 1.74. The van der Waals surface area contributed by atoms with Crippen LogP contribution >= 0.6 is 0 Å². The first-order valence-corrected chi connectivity index (χ1v) is 10.7. The van der Waals surface area contributed by atoms with Gasteiger partial charge in [0, 0.05) is 12.1 Å². The second kappa shape index (κ2) is 10.5. The van der Waals surface area contributed by atoms with Gasteiger partial charge in [-0.3, -0.25) is 5.41 Å². The Hall–Kier alpha value is -3.04. The molecule has 1 aromatic heterocycles. The maximum Gasteiger partial charge on any atom is 0.419 e. The van der Waals surface area contributed by atoms with E-state index >= 15 is 0 Å². The number of rotatable bonds is 9. The molecule has 0 radical (unpaired) electrons. The van der Waals surface area contributed by atoms with Crippen LogP contribution in [0.15, 0.2) is 34.9 Å². The molecule has 10 heteroatoms. The molecule has 1 atom stereocenters. The van der Waals surface area contributed by atoms with Gasteiger partial charge in [0.05, 0.1) is 12.2 Å². The largest absolute Gasteiger partial charge is 0.493 e. The summed E-state index contributed by atoms with van der Waals surface area (Å²) in [5.74, 6) is -0.0541. The highest BCUT2D eigenvalue weighted by atomic mass is 19.4. The Morgan fingerprint density at radius 3 is 2.84 bits per heavy atom.